The van der Waals surface area contributed by atoms with Crippen LogP contribution in [0.3, 0.4) is 0 Å². The zero-order chi connectivity index (χ0) is 14.6. The van der Waals surface area contributed by atoms with E-state index in [2.05, 4.69) is 51.8 Å². The number of aryl methyl sites for hydroxylation is 2. The maximum Gasteiger partial charge on any atom is 0.122 e. The number of methoxy groups -OCH3 is 1. The molecule has 0 aliphatic heterocycles. The molecule has 0 spiro atoms. The van der Waals surface area contributed by atoms with E-state index in [1.165, 1.54) is 16.7 Å². The van der Waals surface area contributed by atoms with Crippen molar-refractivity contribution in [1.29, 1.82) is 0 Å². The second-order valence-corrected chi connectivity index (χ2v) is 5.94. The molecule has 0 saturated heterocycles. The van der Waals surface area contributed by atoms with Gasteiger partial charge in [0.2, 0.25) is 0 Å². The SMILES string of the molecule is COc1cc(C)c(CCN(C)C(C)(C)CN)cc1C. The first-order valence-corrected chi connectivity index (χ1v) is 6.87. The van der Waals surface area contributed by atoms with Crippen molar-refractivity contribution in [3.8, 4) is 5.75 Å². The van der Waals surface area contributed by atoms with Crippen LogP contribution in [0.5, 0.6) is 5.75 Å². The molecule has 0 heterocycles. The molecular weight excluding hydrogens is 236 g/mol. The summed E-state index contributed by atoms with van der Waals surface area (Å²) < 4.78 is 5.35. The van der Waals surface area contributed by atoms with Crippen molar-refractivity contribution < 1.29 is 4.74 Å². The van der Waals surface area contributed by atoms with E-state index in [0.717, 1.165) is 18.7 Å². The predicted molar refractivity (Wildman–Crippen MR) is 81.9 cm³/mol. The third-order valence-electron chi connectivity index (χ3n) is 4.10. The lowest BCUT2D eigenvalue weighted by Crippen LogP contribution is -2.47. The third-order valence-corrected chi connectivity index (χ3v) is 4.10. The highest BCUT2D eigenvalue weighted by Gasteiger charge is 2.21. The average Bonchev–Trinajstić information content (AvgIpc) is 2.38. The van der Waals surface area contributed by atoms with Gasteiger partial charge >= 0.3 is 0 Å². The van der Waals surface area contributed by atoms with Crippen LogP contribution in [0.4, 0.5) is 0 Å². The Balaban J connectivity index is 2.76. The topological polar surface area (TPSA) is 38.5 Å². The minimum Gasteiger partial charge on any atom is -0.496 e. The van der Waals surface area contributed by atoms with Crippen LogP contribution in [0.25, 0.3) is 0 Å². The molecule has 0 bridgehead atoms. The van der Waals surface area contributed by atoms with E-state index in [9.17, 15) is 0 Å². The zero-order valence-corrected chi connectivity index (χ0v) is 13.2. The van der Waals surface area contributed by atoms with Gasteiger partial charge in [-0.3, -0.25) is 4.90 Å². The summed E-state index contributed by atoms with van der Waals surface area (Å²) in [7, 11) is 3.86. The fourth-order valence-electron chi connectivity index (χ4n) is 2.09. The fraction of sp³-hybridized carbons (Fsp3) is 0.625. The van der Waals surface area contributed by atoms with Crippen molar-refractivity contribution in [3.05, 3.63) is 28.8 Å². The summed E-state index contributed by atoms with van der Waals surface area (Å²) in [6.45, 7) is 10.3. The van der Waals surface area contributed by atoms with E-state index < -0.39 is 0 Å². The van der Waals surface area contributed by atoms with Crippen molar-refractivity contribution in [3.63, 3.8) is 0 Å². The first-order chi connectivity index (χ1) is 8.81. The molecule has 0 aliphatic carbocycles. The van der Waals surface area contributed by atoms with Crippen LogP contribution >= 0.6 is 0 Å². The van der Waals surface area contributed by atoms with E-state index in [1.54, 1.807) is 7.11 Å². The molecule has 1 aromatic rings. The fourth-order valence-corrected chi connectivity index (χ4v) is 2.09. The average molecular weight is 264 g/mol. The Bertz CT molecular complexity index is 427. The lowest BCUT2D eigenvalue weighted by Gasteiger charge is -2.34. The molecule has 0 saturated carbocycles. The first-order valence-electron chi connectivity index (χ1n) is 6.87. The molecule has 1 aromatic carbocycles. The second-order valence-electron chi connectivity index (χ2n) is 5.94. The number of hydrogen-bond acceptors (Lipinski definition) is 3. The van der Waals surface area contributed by atoms with Crippen LogP contribution in [-0.4, -0.2) is 37.7 Å². The normalized spacial score (nSPS) is 12.0. The lowest BCUT2D eigenvalue weighted by molar-refractivity contribution is 0.166. The number of nitrogens with zero attached hydrogens (tertiary/aromatic N) is 1. The molecule has 0 fully saturated rings. The van der Waals surface area contributed by atoms with Crippen LogP contribution in [0.15, 0.2) is 12.1 Å². The molecule has 2 N–H and O–H groups in total. The number of rotatable bonds is 6. The molecule has 3 nitrogen and oxygen atoms in total. The minimum absolute atomic E-state index is 0.0510. The predicted octanol–water partition coefficient (Wildman–Crippen LogP) is 2.52. The summed E-state index contributed by atoms with van der Waals surface area (Å²) >= 11 is 0. The maximum atomic E-state index is 5.81. The van der Waals surface area contributed by atoms with Crippen LogP contribution in [-0.2, 0) is 6.42 Å². The van der Waals surface area contributed by atoms with Gasteiger partial charge in [-0.15, -0.1) is 0 Å². The number of nitrogens with two attached hydrogens (primary N) is 1. The number of ether oxygens (including phenoxy) is 1. The standard InChI is InChI=1S/C16H28N2O/c1-12-10-15(19-6)13(2)9-14(12)7-8-18(5)16(3,4)11-17/h9-10H,7-8,11,17H2,1-6H3. The van der Waals surface area contributed by atoms with Crippen LogP contribution < -0.4 is 10.5 Å². The first kappa shape index (κ1) is 16.0. The number of benzene rings is 1. The van der Waals surface area contributed by atoms with Gasteiger partial charge in [0.15, 0.2) is 0 Å². The maximum absolute atomic E-state index is 5.81. The Labute approximate surface area is 117 Å². The number of hydrogen-bond donors (Lipinski definition) is 1. The van der Waals surface area contributed by atoms with Gasteiger partial charge in [0.05, 0.1) is 7.11 Å². The molecule has 108 valence electrons. The van der Waals surface area contributed by atoms with Gasteiger partial charge in [-0.05, 0) is 63.9 Å². The summed E-state index contributed by atoms with van der Waals surface area (Å²) in [6.07, 6.45) is 1.04. The van der Waals surface area contributed by atoms with Gasteiger partial charge in [-0.1, -0.05) is 6.07 Å². The molecule has 0 atom stereocenters. The van der Waals surface area contributed by atoms with Gasteiger partial charge < -0.3 is 10.5 Å². The van der Waals surface area contributed by atoms with Gasteiger partial charge in [0, 0.05) is 18.6 Å². The smallest absolute Gasteiger partial charge is 0.122 e. The van der Waals surface area contributed by atoms with E-state index in [1.807, 2.05) is 0 Å². The molecule has 0 aromatic heterocycles. The Morgan fingerprint density at radius 3 is 2.37 bits per heavy atom. The van der Waals surface area contributed by atoms with Crippen LogP contribution in [0, 0.1) is 13.8 Å². The highest BCUT2D eigenvalue weighted by Crippen LogP contribution is 2.23. The molecule has 19 heavy (non-hydrogen) atoms. The van der Waals surface area contributed by atoms with E-state index in [-0.39, 0.29) is 5.54 Å². The molecule has 0 unspecified atom stereocenters. The van der Waals surface area contributed by atoms with Crippen LogP contribution in [0.2, 0.25) is 0 Å². The number of likely N-dealkylation sites (N-methyl/N-ethyl adjacent to an activating group) is 1. The largest absolute Gasteiger partial charge is 0.496 e. The summed E-state index contributed by atoms with van der Waals surface area (Å²) in [5, 5.41) is 0. The summed E-state index contributed by atoms with van der Waals surface area (Å²) in [4.78, 5) is 2.33. The Morgan fingerprint density at radius 2 is 1.84 bits per heavy atom. The van der Waals surface area contributed by atoms with Gasteiger partial charge in [0.1, 0.15) is 5.75 Å². The Kier molecular flexibility index (Phi) is 5.39. The highest BCUT2D eigenvalue weighted by atomic mass is 16.5. The van der Waals surface area contributed by atoms with Crippen molar-refractivity contribution in [2.24, 2.45) is 5.73 Å². The van der Waals surface area contributed by atoms with Crippen LogP contribution in [0.1, 0.15) is 30.5 Å². The molecule has 0 aliphatic rings. The second kappa shape index (κ2) is 6.40. The third kappa shape index (κ3) is 3.95. The molecular formula is C16H28N2O. The van der Waals surface area contributed by atoms with Crippen molar-refractivity contribution in [2.45, 2.75) is 39.7 Å². The quantitative estimate of drug-likeness (QED) is 0.858. The Hall–Kier alpha value is -1.06. The van der Waals surface area contributed by atoms with Gasteiger partial charge in [-0.25, -0.2) is 0 Å². The molecule has 3 heteroatoms. The molecule has 0 radical (unpaired) electrons. The van der Waals surface area contributed by atoms with Gasteiger partial charge in [0.25, 0.3) is 0 Å². The van der Waals surface area contributed by atoms with E-state index in [4.69, 9.17) is 10.5 Å². The summed E-state index contributed by atoms with van der Waals surface area (Å²) in [6, 6.07) is 4.36. The van der Waals surface area contributed by atoms with Gasteiger partial charge in [-0.2, -0.15) is 0 Å². The minimum atomic E-state index is 0.0510. The monoisotopic (exact) mass is 264 g/mol. The zero-order valence-electron chi connectivity index (χ0n) is 13.2. The highest BCUT2D eigenvalue weighted by molar-refractivity contribution is 5.41. The molecule has 0 amide bonds. The summed E-state index contributed by atoms with van der Waals surface area (Å²) in [5.74, 6) is 0.969. The van der Waals surface area contributed by atoms with Crippen molar-refractivity contribution >= 4 is 0 Å². The van der Waals surface area contributed by atoms with E-state index in [0.29, 0.717) is 6.54 Å². The lowest BCUT2D eigenvalue weighted by atomic mass is 9.99. The Morgan fingerprint density at radius 1 is 1.21 bits per heavy atom. The van der Waals surface area contributed by atoms with Crippen molar-refractivity contribution in [2.75, 3.05) is 27.2 Å². The molecule has 1 rings (SSSR count). The summed E-state index contributed by atoms with van der Waals surface area (Å²) in [5.41, 5.74) is 9.74. The van der Waals surface area contributed by atoms with Crippen molar-refractivity contribution in [1.82, 2.24) is 4.90 Å². The van der Waals surface area contributed by atoms with E-state index >= 15 is 0 Å².